The van der Waals surface area contributed by atoms with E-state index in [0.29, 0.717) is 12.8 Å². The minimum Gasteiger partial charge on any atom is -0.480 e. The van der Waals surface area contributed by atoms with Crippen LogP contribution < -0.4 is 16.0 Å². The van der Waals surface area contributed by atoms with Gasteiger partial charge in [0.05, 0.1) is 6.54 Å². The molecule has 2 atom stereocenters. The van der Waals surface area contributed by atoms with Crippen LogP contribution in [0, 0.1) is 5.92 Å². The van der Waals surface area contributed by atoms with Crippen LogP contribution in [0.25, 0.3) is 11.1 Å². The average molecular weight is 480 g/mol. The number of hydrogen-bond donors (Lipinski definition) is 4. The Hall–Kier alpha value is -3.88. The summed E-state index contributed by atoms with van der Waals surface area (Å²) in [5.74, 6) is -2.36. The first kappa shape index (κ1) is 24.3. The summed E-state index contributed by atoms with van der Waals surface area (Å²) in [6.45, 7) is -0.556. The Morgan fingerprint density at radius 1 is 0.886 bits per heavy atom. The van der Waals surface area contributed by atoms with Gasteiger partial charge in [0.15, 0.2) is 0 Å². The predicted octanol–water partition coefficient (Wildman–Crippen LogP) is 2.40. The molecule has 4 rings (SSSR count). The molecule has 0 heterocycles. The van der Waals surface area contributed by atoms with Crippen molar-refractivity contribution in [3.63, 3.8) is 0 Å². The molecular formula is C26H29N3O6. The molecule has 184 valence electrons. The number of nitrogens with one attached hydrogen (secondary N) is 3. The summed E-state index contributed by atoms with van der Waals surface area (Å²) in [4.78, 5) is 47.1. The number of carboxylic acids is 1. The lowest BCUT2D eigenvalue weighted by molar-refractivity contribution is -0.137. The van der Waals surface area contributed by atoms with Crippen LogP contribution in [0.1, 0.15) is 42.7 Å². The molecule has 0 bridgehead atoms. The predicted molar refractivity (Wildman–Crippen MR) is 128 cm³/mol. The normalized spacial score (nSPS) is 18.6. The Kier molecular flexibility index (Phi) is 7.64. The fourth-order valence-electron chi connectivity index (χ4n) is 4.91. The second kappa shape index (κ2) is 11.0. The van der Waals surface area contributed by atoms with Crippen molar-refractivity contribution in [3.05, 3.63) is 59.7 Å². The lowest BCUT2D eigenvalue weighted by atomic mass is 9.85. The largest absolute Gasteiger partial charge is 0.480 e. The van der Waals surface area contributed by atoms with Gasteiger partial charge in [-0.15, -0.1) is 0 Å². The second-order valence-corrected chi connectivity index (χ2v) is 8.92. The van der Waals surface area contributed by atoms with Crippen LogP contribution >= 0.6 is 0 Å². The molecule has 2 aromatic carbocycles. The Balaban J connectivity index is 1.26. The zero-order valence-electron chi connectivity index (χ0n) is 19.3. The number of amides is 3. The number of rotatable bonds is 8. The van der Waals surface area contributed by atoms with Gasteiger partial charge in [-0.1, -0.05) is 55.0 Å². The van der Waals surface area contributed by atoms with E-state index in [1.807, 2.05) is 24.3 Å². The van der Waals surface area contributed by atoms with E-state index in [1.54, 1.807) is 0 Å². The van der Waals surface area contributed by atoms with Crippen LogP contribution in [0.5, 0.6) is 0 Å². The molecule has 2 aromatic rings. The van der Waals surface area contributed by atoms with Crippen molar-refractivity contribution < 1.29 is 29.0 Å². The third-order valence-corrected chi connectivity index (χ3v) is 6.57. The van der Waals surface area contributed by atoms with Crippen molar-refractivity contribution in [2.24, 2.45) is 5.92 Å². The van der Waals surface area contributed by atoms with E-state index in [9.17, 15) is 19.2 Å². The molecule has 2 unspecified atom stereocenters. The van der Waals surface area contributed by atoms with Gasteiger partial charge in [-0.3, -0.25) is 14.4 Å². The molecule has 3 amide bonds. The molecule has 4 N–H and O–H groups in total. The van der Waals surface area contributed by atoms with Crippen LogP contribution in [-0.4, -0.2) is 54.7 Å². The van der Waals surface area contributed by atoms with Crippen molar-refractivity contribution >= 4 is 23.9 Å². The minimum atomic E-state index is -1.15. The molecule has 0 aromatic heterocycles. The lowest BCUT2D eigenvalue weighted by Gasteiger charge is -2.28. The fourth-order valence-corrected chi connectivity index (χ4v) is 4.91. The summed E-state index contributed by atoms with van der Waals surface area (Å²) < 4.78 is 5.61. The maximum atomic E-state index is 12.6. The Labute approximate surface area is 203 Å². The second-order valence-electron chi connectivity index (χ2n) is 8.92. The number of ether oxygens (including phenoxy) is 1. The van der Waals surface area contributed by atoms with Gasteiger partial charge < -0.3 is 25.8 Å². The van der Waals surface area contributed by atoms with Gasteiger partial charge in [0.2, 0.25) is 11.8 Å². The van der Waals surface area contributed by atoms with E-state index < -0.39 is 24.5 Å². The molecule has 0 saturated heterocycles. The number of aliphatic carboxylic acids is 1. The fraction of sp³-hybridized carbons (Fsp3) is 0.385. The first-order valence-electron chi connectivity index (χ1n) is 11.8. The number of fused-ring (bicyclic) bond motifs is 3. The average Bonchev–Trinajstić information content (AvgIpc) is 3.18. The van der Waals surface area contributed by atoms with Crippen LogP contribution in [0.2, 0.25) is 0 Å². The van der Waals surface area contributed by atoms with Crippen molar-refractivity contribution in [3.8, 4) is 11.1 Å². The lowest BCUT2D eigenvalue weighted by Crippen LogP contribution is -2.45. The molecular weight excluding hydrogens is 450 g/mol. The van der Waals surface area contributed by atoms with Crippen LogP contribution in [0.4, 0.5) is 4.79 Å². The highest BCUT2D eigenvalue weighted by molar-refractivity contribution is 5.87. The van der Waals surface area contributed by atoms with Crippen molar-refractivity contribution in [1.82, 2.24) is 16.0 Å². The molecule has 0 aliphatic heterocycles. The van der Waals surface area contributed by atoms with Crippen molar-refractivity contribution in [2.45, 2.75) is 37.6 Å². The smallest absolute Gasteiger partial charge is 0.407 e. The molecule has 1 saturated carbocycles. The summed E-state index contributed by atoms with van der Waals surface area (Å²) in [5.41, 5.74) is 4.61. The van der Waals surface area contributed by atoms with Gasteiger partial charge in [-0.05, 0) is 41.5 Å². The van der Waals surface area contributed by atoms with E-state index in [-0.39, 0.29) is 36.9 Å². The maximum Gasteiger partial charge on any atom is 0.407 e. The van der Waals surface area contributed by atoms with Gasteiger partial charge in [-0.25, -0.2) is 4.79 Å². The summed E-state index contributed by atoms with van der Waals surface area (Å²) in [6.07, 6.45) is 2.11. The Morgan fingerprint density at radius 3 is 2.20 bits per heavy atom. The third kappa shape index (κ3) is 5.98. The van der Waals surface area contributed by atoms with E-state index in [2.05, 4.69) is 40.2 Å². The van der Waals surface area contributed by atoms with Gasteiger partial charge in [0.25, 0.3) is 0 Å². The van der Waals surface area contributed by atoms with E-state index in [4.69, 9.17) is 9.84 Å². The molecule has 35 heavy (non-hydrogen) atoms. The van der Waals surface area contributed by atoms with Crippen molar-refractivity contribution in [2.75, 3.05) is 19.7 Å². The Morgan fingerprint density at radius 2 is 1.54 bits per heavy atom. The highest BCUT2D eigenvalue weighted by Gasteiger charge is 2.31. The molecule has 0 spiro atoms. The SMILES string of the molecule is O=C(O)CNC(=O)CNC(=O)C1CCCC(NC(=O)OCC2c3ccccc3-c3ccccc32)C1. The quantitative estimate of drug-likeness (QED) is 0.459. The number of benzene rings is 2. The molecule has 9 nitrogen and oxygen atoms in total. The molecule has 2 aliphatic rings. The minimum absolute atomic E-state index is 0.0229. The van der Waals surface area contributed by atoms with Crippen LogP contribution in [-0.2, 0) is 19.1 Å². The number of carbonyl (C=O) groups is 4. The zero-order chi connectivity index (χ0) is 24.8. The van der Waals surface area contributed by atoms with E-state index >= 15 is 0 Å². The number of carboxylic acid groups (broad SMARTS) is 1. The third-order valence-electron chi connectivity index (χ3n) is 6.57. The summed E-state index contributed by atoms with van der Waals surface area (Å²) >= 11 is 0. The van der Waals surface area contributed by atoms with E-state index in [1.165, 1.54) is 0 Å². The summed E-state index contributed by atoms with van der Waals surface area (Å²) in [6, 6.07) is 16.1. The molecule has 9 heteroatoms. The van der Waals surface area contributed by atoms with Crippen molar-refractivity contribution in [1.29, 1.82) is 0 Å². The first-order valence-corrected chi connectivity index (χ1v) is 11.8. The molecule has 0 radical (unpaired) electrons. The van der Waals surface area contributed by atoms with Crippen LogP contribution in [0.15, 0.2) is 48.5 Å². The molecule has 1 fully saturated rings. The van der Waals surface area contributed by atoms with Gasteiger partial charge >= 0.3 is 12.1 Å². The zero-order valence-corrected chi connectivity index (χ0v) is 19.3. The van der Waals surface area contributed by atoms with Gasteiger partial charge in [0, 0.05) is 17.9 Å². The summed E-state index contributed by atoms with van der Waals surface area (Å²) in [7, 11) is 0. The number of hydrogen-bond acceptors (Lipinski definition) is 5. The number of carbonyl (C=O) groups excluding carboxylic acids is 3. The highest BCUT2D eigenvalue weighted by Crippen LogP contribution is 2.44. The maximum absolute atomic E-state index is 12.6. The topological polar surface area (TPSA) is 134 Å². The van der Waals surface area contributed by atoms with Gasteiger partial charge in [-0.2, -0.15) is 0 Å². The molecule has 2 aliphatic carbocycles. The van der Waals surface area contributed by atoms with E-state index in [0.717, 1.165) is 35.1 Å². The van der Waals surface area contributed by atoms with Gasteiger partial charge in [0.1, 0.15) is 13.2 Å². The van der Waals surface area contributed by atoms with Crippen LogP contribution in [0.3, 0.4) is 0 Å². The highest BCUT2D eigenvalue weighted by atomic mass is 16.5. The first-order chi connectivity index (χ1) is 16.9. The Bertz CT molecular complexity index is 1070. The number of alkyl carbamates (subject to hydrolysis) is 1. The monoisotopic (exact) mass is 479 g/mol. The summed E-state index contributed by atoms with van der Waals surface area (Å²) in [5, 5.41) is 16.2. The standard InChI is InChI=1S/C26H29N3O6/c30-23(27-14-24(31)32)13-28-25(33)16-6-5-7-17(12-16)29-26(34)35-15-22-20-10-3-1-8-18(20)19-9-2-4-11-21(19)22/h1-4,8-11,16-17,22H,5-7,12-15H2,(H,27,30)(H,28,33)(H,29,34)(H,31,32).